The number of fused-ring (bicyclic) bond motifs is 3. The van der Waals surface area contributed by atoms with E-state index in [1.165, 1.54) is 0 Å². The van der Waals surface area contributed by atoms with Gasteiger partial charge in [0, 0.05) is 31.2 Å². The number of alkyl halides is 3. The molecule has 2 N–H and O–H groups in total. The van der Waals surface area contributed by atoms with Crippen LogP contribution in [0.5, 0.6) is 0 Å². The fourth-order valence-electron chi connectivity index (χ4n) is 5.66. The Balaban J connectivity index is 0.000000541. The zero-order valence-corrected chi connectivity index (χ0v) is 23.2. The van der Waals surface area contributed by atoms with Crippen LogP contribution in [0.15, 0.2) is 85.2 Å². The van der Waals surface area contributed by atoms with Gasteiger partial charge in [-0.05, 0) is 23.3 Å². The molecule has 0 unspecified atom stereocenters. The monoisotopic (exact) mass is 599 g/mol. The molecule has 43 heavy (non-hydrogen) atoms. The second kappa shape index (κ2) is 13.3. The fraction of sp³-hybridized carbons (Fsp3) is 0.355. The molecule has 1 atom stereocenters. The number of carboxylic acids is 1. The first kappa shape index (κ1) is 31.6. The zero-order chi connectivity index (χ0) is 31.1. The first-order valence-electron chi connectivity index (χ1n) is 13.8. The molecule has 3 aromatic rings. The van der Waals surface area contributed by atoms with Crippen LogP contribution in [0.25, 0.3) is 0 Å². The molecule has 0 spiro atoms. The lowest BCUT2D eigenvalue weighted by molar-refractivity contribution is -0.945. The molecule has 4 heterocycles. The number of esters is 1. The summed E-state index contributed by atoms with van der Waals surface area (Å²) in [5, 5.41) is 23.6. The molecule has 9 nitrogen and oxygen atoms in total. The molecule has 228 valence electrons. The molecule has 3 aliphatic rings. The van der Waals surface area contributed by atoms with Crippen molar-refractivity contribution in [3.63, 3.8) is 0 Å². The summed E-state index contributed by atoms with van der Waals surface area (Å²) in [6.45, 7) is 4.01. The Hall–Kier alpha value is -4.29. The van der Waals surface area contributed by atoms with Crippen LogP contribution >= 0.6 is 0 Å². The maximum Gasteiger partial charge on any atom is 0.430 e. The van der Waals surface area contributed by atoms with E-state index >= 15 is 0 Å². The van der Waals surface area contributed by atoms with Gasteiger partial charge in [0.15, 0.2) is 6.10 Å². The standard InChI is InChI=1S/C29H31N3O4.C2HF3O2/c33-27(23-8-7-15-30-20-23)31-16-19-32-17-13-22(14-18-32)26(21-32)36-28(34)29(35,24-9-3-1-4-10-24)25-11-5-2-6-12-25;3-2(4,5)1(6)7/h1-12,15,20,22,26,35H,13-14,16-19,21H2;(H,6,7)/t22?,26-,32?;/m0./s1. The average Bonchev–Trinajstić information content (AvgIpc) is 3.02. The molecule has 2 bridgehead atoms. The average molecular weight is 600 g/mol. The van der Waals surface area contributed by atoms with E-state index in [2.05, 4.69) is 10.3 Å². The molecular formula is C31H32F3N3O6. The minimum absolute atomic E-state index is 0.132. The number of pyridine rings is 1. The second-order valence-corrected chi connectivity index (χ2v) is 10.7. The smallest absolute Gasteiger partial charge is 0.430 e. The van der Waals surface area contributed by atoms with Crippen LogP contribution in [0.1, 0.15) is 34.3 Å². The number of aliphatic carboxylic acids is 1. The second-order valence-electron chi connectivity index (χ2n) is 10.7. The highest BCUT2D eigenvalue weighted by Gasteiger charge is 2.50. The minimum atomic E-state index is -5.19. The lowest BCUT2D eigenvalue weighted by atomic mass is 9.82. The normalized spacial score (nSPS) is 21.2. The van der Waals surface area contributed by atoms with Crippen molar-refractivity contribution in [1.82, 2.24) is 10.3 Å². The van der Waals surface area contributed by atoms with Crippen LogP contribution in [-0.4, -0.2) is 77.4 Å². The van der Waals surface area contributed by atoms with Crippen molar-refractivity contribution in [2.75, 3.05) is 32.7 Å². The molecule has 3 fully saturated rings. The summed E-state index contributed by atoms with van der Waals surface area (Å²) >= 11 is 0. The number of nitrogens with one attached hydrogen (secondary N) is 1. The van der Waals surface area contributed by atoms with Gasteiger partial charge in [-0.15, -0.1) is 0 Å². The predicted molar refractivity (Wildman–Crippen MR) is 146 cm³/mol. The third kappa shape index (κ3) is 7.57. The minimum Gasteiger partial charge on any atom is -0.542 e. The number of amides is 1. The topological polar surface area (TPSA) is 129 Å². The summed E-state index contributed by atoms with van der Waals surface area (Å²) in [6, 6.07) is 21.5. The molecule has 0 radical (unpaired) electrons. The SMILES string of the molecule is O=C(NCC[N+]12CCC(CC1)[C@@H](OC(=O)C(O)(c1ccccc1)c1ccccc1)C2)c1cccnc1.O=C([O-])C(F)(F)F. The number of aliphatic hydroxyl groups is 1. The van der Waals surface area contributed by atoms with Gasteiger partial charge in [0.2, 0.25) is 5.60 Å². The van der Waals surface area contributed by atoms with Gasteiger partial charge in [0.05, 0.1) is 31.7 Å². The third-order valence-corrected chi connectivity index (χ3v) is 8.01. The Morgan fingerprint density at radius 2 is 1.51 bits per heavy atom. The van der Waals surface area contributed by atoms with Gasteiger partial charge < -0.3 is 29.5 Å². The summed E-state index contributed by atoms with van der Waals surface area (Å²) in [5.74, 6) is -3.49. The highest BCUT2D eigenvalue weighted by Crippen LogP contribution is 2.38. The van der Waals surface area contributed by atoms with Crippen molar-refractivity contribution in [2.24, 2.45) is 5.92 Å². The Morgan fingerprint density at radius 3 is 2.00 bits per heavy atom. The number of rotatable bonds is 8. The largest absolute Gasteiger partial charge is 0.542 e. The number of ether oxygens (including phenoxy) is 1. The van der Waals surface area contributed by atoms with Crippen molar-refractivity contribution >= 4 is 17.8 Å². The number of carboxylic acid groups (broad SMARTS) is 1. The third-order valence-electron chi connectivity index (χ3n) is 8.01. The van der Waals surface area contributed by atoms with Crippen molar-refractivity contribution in [2.45, 2.75) is 30.7 Å². The van der Waals surface area contributed by atoms with E-state index in [9.17, 15) is 27.9 Å². The lowest BCUT2D eigenvalue weighted by Gasteiger charge is -2.52. The van der Waals surface area contributed by atoms with E-state index in [1.807, 2.05) is 36.4 Å². The van der Waals surface area contributed by atoms with Gasteiger partial charge in [0.25, 0.3) is 5.91 Å². The van der Waals surface area contributed by atoms with Crippen molar-refractivity contribution in [3.05, 3.63) is 102 Å². The Morgan fingerprint density at radius 1 is 0.953 bits per heavy atom. The number of hydrogen-bond acceptors (Lipinski definition) is 7. The van der Waals surface area contributed by atoms with Gasteiger partial charge in [-0.1, -0.05) is 60.7 Å². The first-order chi connectivity index (χ1) is 20.4. The van der Waals surface area contributed by atoms with E-state index in [4.69, 9.17) is 14.6 Å². The summed E-state index contributed by atoms with van der Waals surface area (Å²) in [6.07, 6.45) is -0.337. The van der Waals surface area contributed by atoms with Crippen LogP contribution < -0.4 is 10.4 Å². The highest BCUT2D eigenvalue weighted by molar-refractivity contribution is 5.93. The van der Waals surface area contributed by atoms with E-state index in [-0.39, 0.29) is 17.9 Å². The van der Waals surface area contributed by atoms with Crippen LogP contribution in [0.2, 0.25) is 0 Å². The number of aromatic nitrogens is 1. The Labute approximate surface area is 246 Å². The molecule has 6 rings (SSSR count). The van der Waals surface area contributed by atoms with Crippen molar-refractivity contribution < 1.29 is 47.0 Å². The molecule has 0 saturated carbocycles. The number of halogens is 3. The number of nitrogens with zero attached hydrogens (tertiary/aromatic N) is 2. The van der Waals surface area contributed by atoms with E-state index in [0.29, 0.717) is 29.8 Å². The van der Waals surface area contributed by atoms with Crippen LogP contribution in [-0.2, 0) is 19.9 Å². The van der Waals surface area contributed by atoms with Crippen molar-refractivity contribution in [1.29, 1.82) is 0 Å². The molecule has 0 aliphatic carbocycles. The molecule has 1 aromatic heterocycles. The zero-order valence-electron chi connectivity index (χ0n) is 23.2. The van der Waals surface area contributed by atoms with Crippen molar-refractivity contribution in [3.8, 4) is 0 Å². The number of piperidine rings is 3. The van der Waals surface area contributed by atoms with Crippen LogP contribution in [0.4, 0.5) is 13.2 Å². The maximum atomic E-state index is 13.6. The molecule has 3 aliphatic heterocycles. The fourth-order valence-corrected chi connectivity index (χ4v) is 5.66. The highest BCUT2D eigenvalue weighted by atomic mass is 19.4. The molecule has 1 amide bonds. The molecule has 2 aromatic carbocycles. The summed E-state index contributed by atoms with van der Waals surface area (Å²) in [7, 11) is 0. The predicted octanol–water partition coefficient (Wildman–Crippen LogP) is 2.20. The van der Waals surface area contributed by atoms with E-state index in [1.54, 1.807) is 48.8 Å². The number of benzene rings is 2. The van der Waals surface area contributed by atoms with Gasteiger partial charge in [-0.2, -0.15) is 13.2 Å². The summed E-state index contributed by atoms with van der Waals surface area (Å²) < 4.78 is 38.5. The van der Waals surface area contributed by atoms with Gasteiger partial charge >= 0.3 is 12.1 Å². The first-order valence-corrected chi connectivity index (χ1v) is 13.8. The number of carbonyl (C=O) groups excluding carboxylic acids is 3. The molecule has 3 saturated heterocycles. The lowest BCUT2D eigenvalue weighted by Crippen LogP contribution is -2.66. The number of carbonyl (C=O) groups is 3. The maximum absolute atomic E-state index is 13.6. The Bertz CT molecular complexity index is 1340. The number of quaternary nitrogens is 1. The van der Waals surface area contributed by atoms with E-state index < -0.39 is 23.7 Å². The van der Waals surface area contributed by atoms with Crippen LogP contribution in [0.3, 0.4) is 0 Å². The summed E-state index contributed by atoms with van der Waals surface area (Å²) in [5.41, 5.74) is -0.353. The van der Waals surface area contributed by atoms with Crippen LogP contribution in [0, 0.1) is 5.92 Å². The molecule has 12 heteroatoms. The van der Waals surface area contributed by atoms with Gasteiger partial charge in [-0.25, -0.2) is 4.79 Å². The molecular weight excluding hydrogens is 567 g/mol. The Kier molecular flexibility index (Phi) is 9.82. The van der Waals surface area contributed by atoms with Gasteiger partial charge in [-0.3, -0.25) is 9.78 Å². The quantitative estimate of drug-likeness (QED) is 0.300. The number of hydrogen-bond donors (Lipinski definition) is 2. The van der Waals surface area contributed by atoms with E-state index in [0.717, 1.165) is 37.0 Å². The van der Waals surface area contributed by atoms with Gasteiger partial charge in [0.1, 0.15) is 12.5 Å². The summed E-state index contributed by atoms with van der Waals surface area (Å²) in [4.78, 5) is 38.8.